The van der Waals surface area contributed by atoms with Gasteiger partial charge in [0.1, 0.15) is 5.75 Å². The molecule has 0 fully saturated rings. The lowest BCUT2D eigenvalue weighted by Crippen LogP contribution is -2.21. The molecular formula is C26H25F2NO. The van der Waals surface area contributed by atoms with E-state index in [0.717, 1.165) is 48.8 Å². The van der Waals surface area contributed by atoms with Crippen LogP contribution in [-0.4, -0.2) is 0 Å². The number of nitriles is 1. The van der Waals surface area contributed by atoms with E-state index in [9.17, 15) is 8.78 Å². The van der Waals surface area contributed by atoms with Crippen LogP contribution in [0, 0.1) is 11.3 Å². The predicted molar refractivity (Wildman–Crippen MR) is 115 cm³/mol. The van der Waals surface area contributed by atoms with Gasteiger partial charge in [0.2, 0.25) is 0 Å². The van der Waals surface area contributed by atoms with Crippen LogP contribution in [0.3, 0.4) is 0 Å². The molecule has 0 radical (unpaired) electrons. The number of alkyl halides is 2. The van der Waals surface area contributed by atoms with Gasteiger partial charge in [0.15, 0.2) is 0 Å². The molecule has 0 aliphatic carbocycles. The topological polar surface area (TPSA) is 33.0 Å². The van der Waals surface area contributed by atoms with Gasteiger partial charge in [-0.25, -0.2) is 0 Å². The number of unbranched alkanes of at least 4 members (excludes halogenated alkanes) is 1. The van der Waals surface area contributed by atoms with Gasteiger partial charge in [-0.2, -0.15) is 14.0 Å². The van der Waals surface area contributed by atoms with Crippen molar-refractivity contribution in [3.8, 4) is 11.8 Å². The zero-order valence-corrected chi connectivity index (χ0v) is 17.1. The van der Waals surface area contributed by atoms with Gasteiger partial charge >= 0.3 is 6.11 Å². The van der Waals surface area contributed by atoms with E-state index in [1.807, 2.05) is 24.3 Å². The minimum Gasteiger partial charge on any atom is -0.429 e. The fourth-order valence-electron chi connectivity index (χ4n) is 3.21. The number of benzene rings is 3. The van der Waals surface area contributed by atoms with Crippen LogP contribution in [0.2, 0.25) is 0 Å². The van der Waals surface area contributed by atoms with Gasteiger partial charge in [0.25, 0.3) is 0 Å². The monoisotopic (exact) mass is 405 g/mol. The Hall–Kier alpha value is -3.19. The summed E-state index contributed by atoms with van der Waals surface area (Å²) in [5, 5.41) is 8.84. The van der Waals surface area contributed by atoms with Crippen molar-refractivity contribution in [2.45, 2.75) is 45.1 Å². The van der Waals surface area contributed by atoms with Crippen LogP contribution in [0.4, 0.5) is 8.78 Å². The fourth-order valence-corrected chi connectivity index (χ4v) is 3.21. The van der Waals surface area contributed by atoms with Crippen molar-refractivity contribution >= 4 is 0 Å². The number of hydrogen-bond acceptors (Lipinski definition) is 2. The first-order valence-electron chi connectivity index (χ1n) is 10.2. The van der Waals surface area contributed by atoms with Crippen molar-refractivity contribution in [2.24, 2.45) is 0 Å². The summed E-state index contributed by atoms with van der Waals surface area (Å²) in [5.41, 5.74) is 3.71. The average Bonchev–Trinajstić information content (AvgIpc) is 2.77. The van der Waals surface area contributed by atoms with E-state index < -0.39 is 6.11 Å². The van der Waals surface area contributed by atoms with Crippen LogP contribution in [0.1, 0.15) is 47.6 Å². The molecule has 0 amide bonds. The molecule has 0 saturated carbocycles. The van der Waals surface area contributed by atoms with E-state index in [0.29, 0.717) is 5.56 Å². The summed E-state index contributed by atoms with van der Waals surface area (Å²) >= 11 is 0. The van der Waals surface area contributed by atoms with E-state index in [4.69, 9.17) is 10.00 Å². The number of nitrogens with zero attached hydrogens (tertiary/aromatic N) is 1. The fraction of sp³-hybridized carbons (Fsp3) is 0.269. The van der Waals surface area contributed by atoms with E-state index in [1.54, 1.807) is 36.4 Å². The second-order valence-electron chi connectivity index (χ2n) is 7.37. The van der Waals surface area contributed by atoms with Crippen LogP contribution in [0.15, 0.2) is 72.8 Å². The molecular weight excluding hydrogens is 380 g/mol. The Balaban J connectivity index is 1.57. The van der Waals surface area contributed by atoms with Gasteiger partial charge in [-0.1, -0.05) is 49.7 Å². The number of halogens is 2. The first kappa shape index (κ1) is 21.5. The predicted octanol–water partition coefficient (Wildman–Crippen LogP) is 6.81. The molecule has 0 atom stereocenters. The Morgan fingerprint density at radius 1 is 0.767 bits per heavy atom. The summed E-state index contributed by atoms with van der Waals surface area (Å²) in [4.78, 5) is 0. The SMILES string of the molecule is CCCCc1ccc(C(F)(F)Oc2ccc(CCc3ccc(C#N)cc3)cc2)cc1. The summed E-state index contributed by atoms with van der Waals surface area (Å²) in [6.45, 7) is 2.11. The van der Waals surface area contributed by atoms with E-state index >= 15 is 0 Å². The molecule has 0 aliphatic rings. The van der Waals surface area contributed by atoms with Gasteiger partial charge in [0.05, 0.1) is 17.2 Å². The standard InChI is InChI=1S/C26H25F2NO/c1-2-3-4-20-11-15-24(16-12-20)26(27,28)30-25-17-13-22(14-18-25)6-5-21-7-9-23(19-29)10-8-21/h7-18H,2-6H2,1H3. The number of aryl methyl sites for hydroxylation is 3. The van der Waals surface area contributed by atoms with Crippen LogP contribution in [0.5, 0.6) is 5.75 Å². The lowest BCUT2D eigenvalue weighted by Gasteiger charge is -2.19. The molecule has 0 aliphatic heterocycles. The average molecular weight is 405 g/mol. The molecule has 3 aromatic rings. The highest BCUT2D eigenvalue weighted by atomic mass is 19.3. The molecule has 0 aromatic heterocycles. The molecule has 154 valence electrons. The summed E-state index contributed by atoms with van der Waals surface area (Å²) < 4.78 is 34.0. The normalized spacial score (nSPS) is 11.1. The Morgan fingerprint density at radius 3 is 1.80 bits per heavy atom. The second-order valence-corrected chi connectivity index (χ2v) is 7.37. The van der Waals surface area contributed by atoms with Crippen LogP contribution in [0.25, 0.3) is 0 Å². The minimum absolute atomic E-state index is 0.136. The maximum absolute atomic E-state index is 14.5. The Bertz CT molecular complexity index is 972. The lowest BCUT2D eigenvalue weighted by molar-refractivity contribution is -0.185. The third-order valence-corrected chi connectivity index (χ3v) is 5.06. The molecule has 2 nitrogen and oxygen atoms in total. The first-order valence-corrected chi connectivity index (χ1v) is 10.2. The quantitative estimate of drug-likeness (QED) is 0.391. The van der Waals surface area contributed by atoms with Crippen molar-refractivity contribution in [3.05, 3.63) is 101 Å². The highest BCUT2D eigenvalue weighted by Crippen LogP contribution is 2.32. The molecule has 0 unspecified atom stereocenters. The van der Waals surface area contributed by atoms with E-state index in [1.165, 1.54) is 12.1 Å². The first-order chi connectivity index (χ1) is 14.5. The highest BCUT2D eigenvalue weighted by molar-refractivity contribution is 5.33. The molecule has 3 aromatic carbocycles. The molecule has 30 heavy (non-hydrogen) atoms. The second kappa shape index (κ2) is 10.0. The minimum atomic E-state index is -3.38. The van der Waals surface area contributed by atoms with Crippen LogP contribution < -0.4 is 4.74 Å². The number of ether oxygens (including phenoxy) is 1. The molecule has 0 heterocycles. The molecule has 0 spiro atoms. The number of hydrogen-bond donors (Lipinski definition) is 0. The van der Waals surface area contributed by atoms with Crippen molar-refractivity contribution in [1.29, 1.82) is 5.26 Å². The molecule has 0 saturated heterocycles. The zero-order chi connectivity index (χ0) is 21.4. The summed E-state index contributed by atoms with van der Waals surface area (Å²) in [6.07, 6.45) is 1.23. The van der Waals surface area contributed by atoms with Gasteiger partial charge in [-0.3, -0.25) is 0 Å². The number of rotatable bonds is 9. The van der Waals surface area contributed by atoms with Crippen LogP contribution in [-0.2, 0) is 25.4 Å². The van der Waals surface area contributed by atoms with Crippen molar-refractivity contribution in [1.82, 2.24) is 0 Å². The van der Waals surface area contributed by atoms with Gasteiger partial charge in [-0.15, -0.1) is 0 Å². The maximum atomic E-state index is 14.5. The lowest BCUT2D eigenvalue weighted by atomic mass is 10.0. The largest absolute Gasteiger partial charge is 0.429 e. The van der Waals surface area contributed by atoms with Crippen molar-refractivity contribution in [2.75, 3.05) is 0 Å². The Kier molecular flexibility index (Phi) is 7.19. The van der Waals surface area contributed by atoms with Gasteiger partial charge in [0, 0.05) is 0 Å². The van der Waals surface area contributed by atoms with Crippen LogP contribution >= 0.6 is 0 Å². The van der Waals surface area contributed by atoms with Gasteiger partial charge in [-0.05, 0) is 78.8 Å². The summed E-state index contributed by atoms with van der Waals surface area (Å²) in [7, 11) is 0. The van der Waals surface area contributed by atoms with Crippen molar-refractivity contribution < 1.29 is 13.5 Å². The summed E-state index contributed by atoms with van der Waals surface area (Å²) in [6, 6.07) is 22.7. The third kappa shape index (κ3) is 5.90. The smallest absolute Gasteiger partial charge is 0.426 e. The highest BCUT2D eigenvalue weighted by Gasteiger charge is 2.34. The maximum Gasteiger partial charge on any atom is 0.426 e. The van der Waals surface area contributed by atoms with E-state index in [2.05, 4.69) is 13.0 Å². The van der Waals surface area contributed by atoms with Crippen molar-refractivity contribution in [3.63, 3.8) is 0 Å². The zero-order valence-electron chi connectivity index (χ0n) is 17.1. The third-order valence-electron chi connectivity index (χ3n) is 5.06. The molecule has 4 heteroatoms. The molecule has 0 bridgehead atoms. The molecule has 0 N–H and O–H groups in total. The molecule has 3 rings (SSSR count). The van der Waals surface area contributed by atoms with Gasteiger partial charge < -0.3 is 4.74 Å². The summed E-state index contributed by atoms with van der Waals surface area (Å²) in [5.74, 6) is 0.136. The van der Waals surface area contributed by atoms with E-state index in [-0.39, 0.29) is 11.3 Å². The Morgan fingerprint density at radius 2 is 1.27 bits per heavy atom. The Labute approximate surface area is 176 Å².